The van der Waals surface area contributed by atoms with Crippen molar-refractivity contribution in [3.63, 3.8) is 0 Å². The molecule has 0 amide bonds. The molecule has 4 nitrogen and oxygen atoms in total. The molecular formula is C10H11N3OS. The van der Waals surface area contributed by atoms with Crippen LogP contribution in [0.15, 0.2) is 24.3 Å². The van der Waals surface area contributed by atoms with Crippen molar-refractivity contribution in [1.82, 2.24) is 8.75 Å². The van der Waals surface area contributed by atoms with Crippen LogP contribution in [-0.4, -0.2) is 22.9 Å². The molecule has 0 aliphatic heterocycles. The second kappa shape index (κ2) is 4.27. The van der Waals surface area contributed by atoms with Crippen molar-refractivity contribution < 1.29 is 4.74 Å². The van der Waals surface area contributed by atoms with Crippen LogP contribution < -0.4 is 10.1 Å². The summed E-state index contributed by atoms with van der Waals surface area (Å²) in [7, 11) is 3.48. The van der Waals surface area contributed by atoms with Gasteiger partial charge in [-0.25, -0.2) is 0 Å². The van der Waals surface area contributed by atoms with Crippen LogP contribution in [0.3, 0.4) is 0 Å². The second-order valence-corrected chi connectivity index (χ2v) is 3.44. The Morgan fingerprint density at radius 1 is 1.27 bits per heavy atom. The number of hydrogen-bond acceptors (Lipinski definition) is 5. The molecule has 1 aromatic heterocycles. The Hall–Kier alpha value is -1.62. The number of hydrogen-bond donors (Lipinski definition) is 1. The van der Waals surface area contributed by atoms with Gasteiger partial charge in [0, 0.05) is 12.6 Å². The molecule has 15 heavy (non-hydrogen) atoms. The molecule has 0 saturated heterocycles. The Kier molecular flexibility index (Phi) is 2.82. The van der Waals surface area contributed by atoms with E-state index in [0.29, 0.717) is 0 Å². The summed E-state index contributed by atoms with van der Waals surface area (Å²) in [5, 5.41) is 3.01. The van der Waals surface area contributed by atoms with Gasteiger partial charge >= 0.3 is 0 Å². The summed E-state index contributed by atoms with van der Waals surface area (Å²) in [6.45, 7) is 0. The minimum Gasteiger partial charge on any atom is -0.496 e. The topological polar surface area (TPSA) is 47.0 Å². The highest BCUT2D eigenvalue weighted by Gasteiger charge is 2.12. The van der Waals surface area contributed by atoms with Gasteiger partial charge in [-0.05, 0) is 12.1 Å². The molecule has 2 rings (SSSR count). The number of methoxy groups -OCH3 is 1. The third kappa shape index (κ3) is 1.78. The van der Waals surface area contributed by atoms with E-state index in [1.807, 2.05) is 31.3 Å². The largest absolute Gasteiger partial charge is 0.496 e. The number of benzene rings is 1. The van der Waals surface area contributed by atoms with Crippen molar-refractivity contribution in [3.8, 4) is 17.0 Å². The molecular weight excluding hydrogens is 210 g/mol. The van der Waals surface area contributed by atoms with E-state index in [4.69, 9.17) is 4.74 Å². The quantitative estimate of drug-likeness (QED) is 0.863. The lowest BCUT2D eigenvalue weighted by molar-refractivity contribution is 0.416. The number of rotatable bonds is 3. The normalized spacial score (nSPS) is 10.0. The zero-order chi connectivity index (χ0) is 10.7. The SMILES string of the molecule is CNc1nsnc1-c1ccccc1OC. The molecule has 0 aliphatic rings. The first kappa shape index (κ1) is 9.92. The number of para-hydroxylation sites is 1. The average Bonchev–Trinajstić information content (AvgIpc) is 2.76. The lowest BCUT2D eigenvalue weighted by Gasteiger charge is -2.06. The molecule has 0 aliphatic carbocycles. The van der Waals surface area contributed by atoms with E-state index in [0.717, 1.165) is 22.8 Å². The number of nitrogens with one attached hydrogen (secondary N) is 1. The number of nitrogens with zero attached hydrogens (tertiary/aromatic N) is 2. The van der Waals surface area contributed by atoms with E-state index in [1.54, 1.807) is 7.11 Å². The molecule has 78 valence electrons. The second-order valence-electron chi connectivity index (χ2n) is 2.91. The number of ether oxygens (including phenoxy) is 1. The highest BCUT2D eigenvalue weighted by atomic mass is 32.1. The first-order valence-electron chi connectivity index (χ1n) is 4.50. The number of anilines is 1. The number of aromatic nitrogens is 2. The van der Waals surface area contributed by atoms with Gasteiger partial charge in [-0.3, -0.25) is 0 Å². The minimum atomic E-state index is 0.782. The molecule has 0 unspecified atom stereocenters. The van der Waals surface area contributed by atoms with Crippen LogP contribution in [0.4, 0.5) is 5.82 Å². The van der Waals surface area contributed by atoms with Crippen LogP contribution in [0.1, 0.15) is 0 Å². The van der Waals surface area contributed by atoms with Crippen LogP contribution in [-0.2, 0) is 0 Å². The van der Waals surface area contributed by atoms with E-state index < -0.39 is 0 Å². The highest BCUT2D eigenvalue weighted by molar-refractivity contribution is 6.99. The summed E-state index contributed by atoms with van der Waals surface area (Å²) in [4.78, 5) is 0. The van der Waals surface area contributed by atoms with E-state index in [-0.39, 0.29) is 0 Å². The van der Waals surface area contributed by atoms with Gasteiger partial charge in [0.05, 0.1) is 18.8 Å². The van der Waals surface area contributed by atoms with Gasteiger partial charge in [0.25, 0.3) is 0 Å². The maximum Gasteiger partial charge on any atom is 0.168 e. The van der Waals surface area contributed by atoms with Crippen LogP contribution in [0.2, 0.25) is 0 Å². The van der Waals surface area contributed by atoms with Gasteiger partial charge in [-0.15, -0.1) is 0 Å². The third-order valence-electron chi connectivity index (χ3n) is 2.09. The molecule has 0 bridgehead atoms. The van der Waals surface area contributed by atoms with Gasteiger partial charge in [0.2, 0.25) is 0 Å². The fourth-order valence-corrected chi connectivity index (χ4v) is 1.94. The maximum atomic E-state index is 5.28. The van der Waals surface area contributed by atoms with Crippen molar-refractivity contribution in [1.29, 1.82) is 0 Å². The first-order valence-corrected chi connectivity index (χ1v) is 5.23. The van der Waals surface area contributed by atoms with E-state index in [2.05, 4.69) is 14.1 Å². The maximum absolute atomic E-state index is 5.28. The fourth-order valence-electron chi connectivity index (χ4n) is 1.37. The predicted octanol–water partition coefficient (Wildman–Crippen LogP) is 2.26. The summed E-state index contributed by atoms with van der Waals surface area (Å²) in [5.74, 6) is 1.59. The lowest BCUT2D eigenvalue weighted by atomic mass is 10.1. The fraction of sp³-hybridized carbons (Fsp3) is 0.200. The molecule has 1 aromatic carbocycles. The Morgan fingerprint density at radius 3 is 2.80 bits per heavy atom. The van der Waals surface area contributed by atoms with Crippen LogP contribution in [0, 0.1) is 0 Å². The van der Waals surface area contributed by atoms with Crippen molar-refractivity contribution in [2.75, 3.05) is 19.5 Å². The van der Waals surface area contributed by atoms with Crippen LogP contribution in [0.25, 0.3) is 11.3 Å². The van der Waals surface area contributed by atoms with Gasteiger partial charge in [-0.2, -0.15) is 8.75 Å². The standard InChI is InChI=1S/C10H11N3OS/c1-11-10-9(12-15-13-10)7-5-3-4-6-8(7)14-2/h3-6H,1-2H3,(H,11,13). The third-order valence-corrected chi connectivity index (χ3v) is 2.62. The summed E-state index contributed by atoms with van der Waals surface area (Å²) in [6.07, 6.45) is 0. The average molecular weight is 221 g/mol. The van der Waals surface area contributed by atoms with Crippen LogP contribution >= 0.6 is 11.7 Å². The summed E-state index contributed by atoms with van der Waals surface area (Å²) >= 11 is 1.19. The van der Waals surface area contributed by atoms with Gasteiger partial charge in [0.15, 0.2) is 5.82 Å². The molecule has 1 heterocycles. The monoisotopic (exact) mass is 221 g/mol. The molecule has 2 aromatic rings. The zero-order valence-corrected chi connectivity index (χ0v) is 9.34. The molecule has 0 spiro atoms. The predicted molar refractivity (Wildman–Crippen MR) is 61.4 cm³/mol. The Labute approximate surface area is 92.2 Å². The van der Waals surface area contributed by atoms with Crippen molar-refractivity contribution in [3.05, 3.63) is 24.3 Å². The minimum absolute atomic E-state index is 0.782. The van der Waals surface area contributed by atoms with E-state index in [1.165, 1.54) is 11.7 Å². The Balaban J connectivity index is 2.53. The van der Waals surface area contributed by atoms with Crippen molar-refractivity contribution in [2.45, 2.75) is 0 Å². The highest BCUT2D eigenvalue weighted by Crippen LogP contribution is 2.32. The first-order chi connectivity index (χ1) is 7.36. The smallest absolute Gasteiger partial charge is 0.168 e. The zero-order valence-electron chi connectivity index (χ0n) is 8.52. The molecule has 0 radical (unpaired) electrons. The van der Waals surface area contributed by atoms with Crippen molar-refractivity contribution >= 4 is 17.5 Å². The Morgan fingerprint density at radius 2 is 2.07 bits per heavy atom. The molecule has 5 heteroatoms. The van der Waals surface area contributed by atoms with Crippen molar-refractivity contribution in [2.24, 2.45) is 0 Å². The Bertz CT molecular complexity index is 455. The van der Waals surface area contributed by atoms with Gasteiger partial charge in [0.1, 0.15) is 11.4 Å². The molecule has 0 atom stereocenters. The molecule has 0 fully saturated rings. The summed E-state index contributed by atoms with van der Waals surface area (Å²) in [6, 6.07) is 7.77. The lowest BCUT2D eigenvalue weighted by Crippen LogP contribution is -1.93. The summed E-state index contributed by atoms with van der Waals surface area (Å²) < 4.78 is 13.7. The molecule has 0 saturated carbocycles. The van der Waals surface area contributed by atoms with E-state index in [9.17, 15) is 0 Å². The molecule has 1 N–H and O–H groups in total. The summed E-state index contributed by atoms with van der Waals surface area (Å²) in [5.41, 5.74) is 1.79. The van der Waals surface area contributed by atoms with Crippen LogP contribution in [0.5, 0.6) is 5.75 Å². The van der Waals surface area contributed by atoms with Gasteiger partial charge in [-0.1, -0.05) is 12.1 Å². The van der Waals surface area contributed by atoms with Gasteiger partial charge < -0.3 is 10.1 Å². The van der Waals surface area contributed by atoms with E-state index >= 15 is 0 Å².